The zero-order valence-corrected chi connectivity index (χ0v) is 10.3. The van der Waals surface area contributed by atoms with Gasteiger partial charge in [0.15, 0.2) is 0 Å². The largest absolute Gasteiger partial charge is 0.402 e. The monoisotopic (exact) mass is 288 g/mol. The van der Waals surface area contributed by atoms with E-state index in [9.17, 15) is 21.6 Å². The Morgan fingerprint density at radius 1 is 1.33 bits per heavy atom. The van der Waals surface area contributed by atoms with Crippen molar-refractivity contribution in [2.75, 3.05) is 6.54 Å². The van der Waals surface area contributed by atoms with Gasteiger partial charge in [-0.25, -0.2) is 0 Å². The molecule has 1 saturated carbocycles. The molecule has 0 spiro atoms. The van der Waals surface area contributed by atoms with Gasteiger partial charge in [0.2, 0.25) is 0 Å². The first-order valence-electron chi connectivity index (χ1n) is 5.26. The number of amidine groups is 1. The standard InChI is InChI=1S/C8H15F3N4O2S/c9-8(10,11)5-14-18(16,17)15-7(6(12)13)3-1-2-4-7/h14-15H,1-5H2,(H3,12,13). The van der Waals surface area contributed by atoms with Crippen LogP contribution in [0.15, 0.2) is 0 Å². The summed E-state index contributed by atoms with van der Waals surface area (Å²) in [4.78, 5) is 0. The fourth-order valence-corrected chi connectivity index (χ4v) is 3.13. The molecular weight excluding hydrogens is 273 g/mol. The summed E-state index contributed by atoms with van der Waals surface area (Å²) in [6.45, 7) is -1.66. The number of hydrogen-bond acceptors (Lipinski definition) is 3. The van der Waals surface area contributed by atoms with Gasteiger partial charge in [0.25, 0.3) is 10.2 Å². The summed E-state index contributed by atoms with van der Waals surface area (Å²) in [7, 11) is -4.34. The molecule has 5 N–H and O–H groups in total. The first-order valence-corrected chi connectivity index (χ1v) is 6.74. The summed E-state index contributed by atoms with van der Waals surface area (Å²) < 4.78 is 62.2. The quantitative estimate of drug-likeness (QED) is 0.429. The van der Waals surface area contributed by atoms with E-state index in [1.807, 2.05) is 0 Å². The molecule has 18 heavy (non-hydrogen) atoms. The molecule has 1 aliphatic rings. The van der Waals surface area contributed by atoms with E-state index < -0.39 is 28.5 Å². The van der Waals surface area contributed by atoms with Gasteiger partial charge in [0, 0.05) is 0 Å². The van der Waals surface area contributed by atoms with E-state index in [2.05, 4.69) is 4.72 Å². The Morgan fingerprint density at radius 2 is 1.83 bits per heavy atom. The van der Waals surface area contributed by atoms with E-state index in [1.165, 1.54) is 4.72 Å². The van der Waals surface area contributed by atoms with Crippen molar-refractivity contribution in [3.63, 3.8) is 0 Å². The third-order valence-corrected chi connectivity index (χ3v) is 3.95. The molecule has 0 amide bonds. The minimum Gasteiger partial charge on any atom is -0.386 e. The highest BCUT2D eigenvalue weighted by atomic mass is 32.2. The van der Waals surface area contributed by atoms with Crippen LogP contribution in [-0.2, 0) is 10.2 Å². The molecule has 10 heteroatoms. The van der Waals surface area contributed by atoms with Crippen molar-refractivity contribution in [2.24, 2.45) is 5.73 Å². The second-order valence-electron chi connectivity index (χ2n) is 4.24. The highest BCUT2D eigenvalue weighted by Crippen LogP contribution is 2.30. The maximum atomic E-state index is 11.9. The maximum Gasteiger partial charge on any atom is 0.402 e. The molecule has 0 saturated heterocycles. The van der Waals surface area contributed by atoms with Gasteiger partial charge < -0.3 is 5.73 Å². The van der Waals surface area contributed by atoms with Crippen LogP contribution in [0.3, 0.4) is 0 Å². The summed E-state index contributed by atoms with van der Waals surface area (Å²) in [6, 6.07) is 0. The van der Waals surface area contributed by atoms with Gasteiger partial charge in [0.05, 0.1) is 5.54 Å². The van der Waals surface area contributed by atoms with Crippen LogP contribution in [0.2, 0.25) is 0 Å². The molecule has 0 unspecified atom stereocenters. The molecule has 0 aliphatic heterocycles. The lowest BCUT2D eigenvalue weighted by molar-refractivity contribution is -0.121. The Hall–Kier alpha value is -0.870. The van der Waals surface area contributed by atoms with Crippen molar-refractivity contribution in [3.05, 3.63) is 0 Å². The molecule has 0 aromatic heterocycles. The highest BCUT2D eigenvalue weighted by molar-refractivity contribution is 7.87. The average Bonchev–Trinajstić information content (AvgIpc) is 2.63. The lowest BCUT2D eigenvalue weighted by Gasteiger charge is -2.28. The number of halogens is 3. The maximum absolute atomic E-state index is 11.9. The van der Waals surface area contributed by atoms with Gasteiger partial charge in [-0.3, -0.25) is 5.41 Å². The van der Waals surface area contributed by atoms with E-state index in [4.69, 9.17) is 11.1 Å². The van der Waals surface area contributed by atoms with Crippen LogP contribution in [0, 0.1) is 5.41 Å². The Balaban J connectivity index is 2.72. The lowest BCUT2D eigenvalue weighted by Crippen LogP contribution is -2.58. The van der Waals surface area contributed by atoms with Crippen molar-refractivity contribution < 1.29 is 21.6 Å². The van der Waals surface area contributed by atoms with E-state index in [1.54, 1.807) is 0 Å². The topological polar surface area (TPSA) is 108 Å². The SMILES string of the molecule is N=C(N)C1(NS(=O)(=O)NCC(F)(F)F)CCCC1. The van der Waals surface area contributed by atoms with Crippen LogP contribution in [0.25, 0.3) is 0 Å². The fraction of sp³-hybridized carbons (Fsp3) is 0.875. The first kappa shape index (κ1) is 15.2. The summed E-state index contributed by atoms with van der Waals surface area (Å²) in [5.41, 5.74) is 4.08. The smallest absolute Gasteiger partial charge is 0.386 e. The first-order chi connectivity index (χ1) is 8.06. The van der Waals surface area contributed by atoms with E-state index in [0.717, 1.165) is 0 Å². The highest BCUT2D eigenvalue weighted by Gasteiger charge is 2.41. The van der Waals surface area contributed by atoms with Crippen molar-refractivity contribution in [3.8, 4) is 0 Å². The minimum absolute atomic E-state index is 0.315. The van der Waals surface area contributed by atoms with E-state index in [-0.39, 0.29) is 5.84 Å². The summed E-state index contributed by atoms with van der Waals surface area (Å²) in [5, 5.41) is 7.38. The predicted molar refractivity (Wildman–Crippen MR) is 59.2 cm³/mol. The third-order valence-electron chi connectivity index (χ3n) is 2.77. The Morgan fingerprint density at radius 3 is 2.22 bits per heavy atom. The zero-order valence-electron chi connectivity index (χ0n) is 9.47. The second kappa shape index (κ2) is 5.02. The van der Waals surface area contributed by atoms with Crippen molar-refractivity contribution in [2.45, 2.75) is 37.4 Å². The van der Waals surface area contributed by atoms with Crippen LogP contribution < -0.4 is 15.2 Å². The van der Waals surface area contributed by atoms with Crippen LogP contribution in [0.5, 0.6) is 0 Å². The Labute approximate surface area is 103 Å². The number of hydrogen-bond donors (Lipinski definition) is 4. The molecule has 0 radical (unpaired) electrons. The third kappa shape index (κ3) is 4.10. The average molecular weight is 288 g/mol. The summed E-state index contributed by atoms with van der Waals surface area (Å²) in [5.74, 6) is -0.377. The van der Waals surface area contributed by atoms with Gasteiger partial charge in [0.1, 0.15) is 12.4 Å². The normalized spacial score (nSPS) is 19.9. The molecule has 0 heterocycles. The van der Waals surface area contributed by atoms with Crippen LogP contribution >= 0.6 is 0 Å². The van der Waals surface area contributed by atoms with Crippen LogP contribution in [0.4, 0.5) is 13.2 Å². The minimum atomic E-state index is -4.63. The molecule has 0 aromatic carbocycles. The van der Waals surface area contributed by atoms with Crippen molar-refractivity contribution >= 4 is 16.0 Å². The number of nitrogens with one attached hydrogen (secondary N) is 3. The van der Waals surface area contributed by atoms with Gasteiger partial charge in [-0.1, -0.05) is 12.8 Å². The zero-order chi connectivity index (χ0) is 14.0. The Bertz CT molecular complexity index is 415. The van der Waals surface area contributed by atoms with Gasteiger partial charge in [-0.2, -0.15) is 31.0 Å². The van der Waals surface area contributed by atoms with Gasteiger partial charge in [-0.15, -0.1) is 0 Å². The predicted octanol–water partition coefficient (Wildman–Crippen LogP) is 0.221. The van der Waals surface area contributed by atoms with Gasteiger partial charge >= 0.3 is 6.18 Å². The number of alkyl halides is 3. The van der Waals surface area contributed by atoms with Crippen LogP contribution in [0.1, 0.15) is 25.7 Å². The summed E-state index contributed by atoms with van der Waals surface area (Å²) >= 11 is 0. The molecule has 1 aliphatic carbocycles. The molecule has 0 atom stereocenters. The van der Waals surface area contributed by atoms with E-state index in [0.29, 0.717) is 25.7 Å². The Kier molecular flexibility index (Phi) is 4.23. The van der Waals surface area contributed by atoms with Gasteiger partial charge in [-0.05, 0) is 12.8 Å². The molecule has 0 bridgehead atoms. The van der Waals surface area contributed by atoms with Crippen molar-refractivity contribution in [1.82, 2.24) is 9.44 Å². The molecule has 1 rings (SSSR count). The lowest BCUT2D eigenvalue weighted by atomic mass is 9.98. The second-order valence-corrected chi connectivity index (χ2v) is 5.74. The molecule has 0 aromatic rings. The van der Waals surface area contributed by atoms with Crippen molar-refractivity contribution in [1.29, 1.82) is 5.41 Å². The number of nitrogens with two attached hydrogens (primary N) is 1. The molecule has 1 fully saturated rings. The van der Waals surface area contributed by atoms with Crippen LogP contribution in [-0.4, -0.2) is 32.5 Å². The summed E-state index contributed by atoms with van der Waals surface area (Å²) in [6.07, 6.45) is -2.67. The fourth-order valence-electron chi connectivity index (χ4n) is 1.88. The molecule has 6 nitrogen and oxygen atoms in total. The van der Waals surface area contributed by atoms with E-state index >= 15 is 0 Å². The molecular formula is C8H15F3N4O2S. The number of rotatable bonds is 5. The molecule has 106 valence electrons.